The summed E-state index contributed by atoms with van der Waals surface area (Å²) >= 11 is 0. The van der Waals surface area contributed by atoms with E-state index in [1.807, 2.05) is 13.8 Å². The number of carbonyl (C=O) groups is 2. The van der Waals surface area contributed by atoms with E-state index in [1.54, 1.807) is 6.92 Å². The van der Waals surface area contributed by atoms with E-state index < -0.39 is 0 Å². The Morgan fingerprint density at radius 1 is 1.08 bits per heavy atom. The van der Waals surface area contributed by atoms with E-state index >= 15 is 0 Å². The van der Waals surface area contributed by atoms with Crippen LogP contribution in [0.15, 0.2) is 0 Å². The quantitative estimate of drug-likeness (QED) is 0.570. The largest absolute Gasteiger partial charge is 0.300 e. The number of Topliss-reactive ketones (excluding diaryl/α,β-unsaturated/α-hetero) is 2. The van der Waals surface area contributed by atoms with Gasteiger partial charge in [0.1, 0.15) is 11.6 Å². The lowest BCUT2D eigenvalue weighted by atomic mass is 10.0. The molecule has 76 valence electrons. The van der Waals surface area contributed by atoms with Crippen molar-refractivity contribution in [2.75, 3.05) is 0 Å². The Kier molecular flexibility index (Phi) is 6.47. The minimum atomic E-state index is 0.219. The van der Waals surface area contributed by atoms with E-state index in [9.17, 15) is 9.59 Å². The fraction of sp³-hybridized carbons (Fsp3) is 0.818. The first-order valence-corrected chi connectivity index (χ1v) is 5.03. The lowest BCUT2D eigenvalue weighted by molar-refractivity contribution is -0.120. The fourth-order valence-corrected chi connectivity index (χ4v) is 1.25. The van der Waals surface area contributed by atoms with Crippen molar-refractivity contribution in [3.63, 3.8) is 0 Å². The first-order chi connectivity index (χ1) is 6.02. The van der Waals surface area contributed by atoms with E-state index in [2.05, 4.69) is 0 Å². The van der Waals surface area contributed by atoms with Crippen LogP contribution in [0.4, 0.5) is 0 Å². The van der Waals surface area contributed by atoms with Crippen molar-refractivity contribution in [3.8, 4) is 0 Å². The van der Waals surface area contributed by atoms with Gasteiger partial charge in [-0.05, 0) is 25.7 Å². The monoisotopic (exact) mass is 184 g/mol. The van der Waals surface area contributed by atoms with Gasteiger partial charge in [-0.2, -0.15) is 0 Å². The number of rotatable bonds is 7. The maximum atomic E-state index is 11.2. The summed E-state index contributed by atoms with van der Waals surface area (Å²) < 4.78 is 0. The second-order valence-electron chi connectivity index (χ2n) is 4.05. The van der Waals surface area contributed by atoms with Crippen molar-refractivity contribution >= 4 is 11.6 Å². The highest BCUT2D eigenvalue weighted by Gasteiger charge is 2.04. The molecule has 0 radical (unpaired) electrons. The first-order valence-electron chi connectivity index (χ1n) is 5.03. The van der Waals surface area contributed by atoms with Crippen LogP contribution in [0.3, 0.4) is 0 Å². The standard InChI is InChI=1S/C11H20O2/c1-9(2)8-11(13)7-5-4-6-10(3)12/h9H,4-8H2,1-3H3. The van der Waals surface area contributed by atoms with Gasteiger partial charge in [-0.25, -0.2) is 0 Å². The van der Waals surface area contributed by atoms with Crippen LogP contribution in [0.1, 0.15) is 52.9 Å². The molecule has 2 heteroatoms. The van der Waals surface area contributed by atoms with Gasteiger partial charge in [-0.3, -0.25) is 4.79 Å². The summed E-state index contributed by atoms with van der Waals surface area (Å²) in [6.45, 7) is 5.69. The lowest BCUT2D eigenvalue weighted by Crippen LogP contribution is -2.02. The van der Waals surface area contributed by atoms with Gasteiger partial charge < -0.3 is 4.79 Å². The molecule has 0 spiro atoms. The average molecular weight is 184 g/mol. The minimum Gasteiger partial charge on any atom is -0.300 e. The number of hydrogen-bond acceptors (Lipinski definition) is 2. The molecule has 0 amide bonds. The van der Waals surface area contributed by atoms with Crippen molar-refractivity contribution in [3.05, 3.63) is 0 Å². The highest BCUT2D eigenvalue weighted by Crippen LogP contribution is 2.07. The maximum absolute atomic E-state index is 11.2. The van der Waals surface area contributed by atoms with Gasteiger partial charge >= 0.3 is 0 Å². The predicted octanol–water partition coefficient (Wildman–Crippen LogP) is 2.75. The predicted molar refractivity (Wildman–Crippen MR) is 53.6 cm³/mol. The molecule has 0 saturated heterocycles. The molecule has 0 N–H and O–H groups in total. The normalized spacial score (nSPS) is 10.5. The molecule has 0 rings (SSSR count). The molecule has 0 aliphatic carbocycles. The molecule has 0 unspecified atom stereocenters. The van der Waals surface area contributed by atoms with Gasteiger partial charge in [-0.15, -0.1) is 0 Å². The highest BCUT2D eigenvalue weighted by molar-refractivity contribution is 5.78. The second-order valence-corrected chi connectivity index (χ2v) is 4.05. The van der Waals surface area contributed by atoms with Crippen molar-refractivity contribution in [2.24, 2.45) is 5.92 Å². The average Bonchev–Trinajstić information content (AvgIpc) is 1.96. The molecule has 0 aliphatic rings. The SMILES string of the molecule is CC(=O)CCCCC(=O)CC(C)C. The van der Waals surface area contributed by atoms with Gasteiger partial charge in [0.15, 0.2) is 0 Å². The zero-order valence-corrected chi connectivity index (χ0v) is 8.93. The Balaban J connectivity index is 3.32. The smallest absolute Gasteiger partial charge is 0.133 e. The van der Waals surface area contributed by atoms with Crippen LogP contribution in [0.5, 0.6) is 0 Å². The van der Waals surface area contributed by atoms with Gasteiger partial charge in [0.25, 0.3) is 0 Å². The summed E-state index contributed by atoms with van der Waals surface area (Å²) in [5, 5.41) is 0. The fourth-order valence-electron chi connectivity index (χ4n) is 1.25. The third-order valence-corrected chi connectivity index (χ3v) is 1.87. The molecule has 0 aromatic carbocycles. The molecular formula is C11H20O2. The maximum Gasteiger partial charge on any atom is 0.133 e. The van der Waals surface area contributed by atoms with E-state index in [-0.39, 0.29) is 5.78 Å². The summed E-state index contributed by atoms with van der Waals surface area (Å²) in [6, 6.07) is 0. The molecule has 0 saturated carbocycles. The molecule has 0 aliphatic heterocycles. The molecular weight excluding hydrogens is 164 g/mol. The molecule has 0 fully saturated rings. The van der Waals surface area contributed by atoms with Crippen LogP contribution in [-0.4, -0.2) is 11.6 Å². The topological polar surface area (TPSA) is 34.1 Å². The van der Waals surface area contributed by atoms with Crippen molar-refractivity contribution in [1.29, 1.82) is 0 Å². The Bertz CT molecular complexity index is 171. The summed E-state index contributed by atoms with van der Waals surface area (Å²) in [6.07, 6.45) is 3.67. The van der Waals surface area contributed by atoms with E-state index in [1.165, 1.54) is 0 Å². The summed E-state index contributed by atoms with van der Waals surface area (Å²) in [5.41, 5.74) is 0. The van der Waals surface area contributed by atoms with Gasteiger partial charge in [-0.1, -0.05) is 13.8 Å². The van der Waals surface area contributed by atoms with E-state index in [0.717, 1.165) is 12.8 Å². The van der Waals surface area contributed by atoms with Gasteiger partial charge in [0.2, 0.25) is 0 Å². The van der Waals surface area contributed by atoms with Gasteiger partial charge in [0, 0.05) is 19.3 Å². The first kappa shape index (κ1) is 12.3. The Hall–Kier alpha value is -0.660. The third kappa shape index (κ3) is 9.25. The number of unbranched alkanes of at least 4 members (excludes halogenated alkanes) is 1. The van der Waals surface area contributed by atoms with Crippen molar-refractivity contribution in [2.45, 2.75) is 52.9 Å². The molecule has 2 nitrogen and oxygen atoms in total. The molecule has 0 atom stereocenters. The second kappa shape index (κ2) is 6.81. The number of carbonyl (C=O) groups excluding carboxylic acids is 2. The van der Waals surface area contributed by atoms with Gasteiger partial charge in [0.05, 0.1) is 0 Å². The van der Waals surface area contributed by atoms with E-state index in [4.69, 9.17) is 0 Å². The Morgan fingerprint density at radius 3 is 2.08 bits per heavy atom. The van der Waals surface area contributed by atoms with Crippen LogP contribution in [-0.2, 0) is 9.59 Å². The lowest BCUT2D eigenvalue weighted by Gasteiger charge is -2.02. The summed E-state index contributed by atoms with van der Waals surface area (Å²) in [7, 11) is 0. The summed E-state index contributed by atoms with van der Waals surface area (Å²) in [4.78, 5) is 21.8. The number of hydrogen-bond donors (Lipinski definition) is 0. The molecule has 13 heavy (non-hydrogen) atoms. The zero-order valence-electron chi connectivity index (χ0n) is 8.93. The van der Waals surface area contributed by atoms with Crippen LogP contribution >= 0.6 is 0 Å². The zero-order chi connectivity index (χ0) is 10.3. The van der Waals surface area contributed by atoms with Crippen molar-refractivity contribution < 1.29 is 9.59 Å². The Labute approximate surface area is 80.7 Å². The Morgan fingerprint density at radius 2 is 1.62 bits per heavy atom. The molecule has 0 aromatic heterocycles. The molecule has 0 bridgehead atoms. The van der Waals surface area contributed by atoms with Crippen LogP contribution in [0, 0.1) is 5.92 Å². The van der Waals surface area contributed by atoms with Crippen molar-refractivity contribution in [1.82, 2.24) is 0 Å². The summed E-state index contributed by atoms with van der Waals surface area (Å²) in [5.74, 6) is 1.01. The van der Waals surface area contributed by atoms with E-state index in [0.29, 0.717) is 31.0 Å². The number of ketones is 2. The third-order valence-electron chi connectivity index (χ3n) is 1.87. The molecule has 0 aromatic rings. The van der Waals surface area contributed by atoms with Crippen LogP contribution in [0.25, 0.3) is 0 Å². The van der Waals surface area contributed by atoms with Crippen LogP contribution in [0.2, 0.25) is 0 Å². The van der Waals surface area contributed by atoms with Crippen LogP contribution < -0.4 is 0 Å². The minimum absolute atomic E-state index is 0.219. The highest BCUT2D eigenvalue weighted by atomic mass is 16.1. The molecule has 0 heterocycles.